The first-order valence-corrected chi connectivity index (χ1v) is 10.7. The standard InChI is InChI=1S/C25H21BrN4O/c1-16-4-3-5-18(12-16)6-8-20-14-22(21-13-19(26)7-9-23(21)30-20)25(31)29-17(2)24-15-27-10-11-28-24/h3-15,17H,1-2H3,(H,29,31)/b8-6+/t17-/m0/s1. The van der Waals surface area contributed by atoms with Crippen LogP contribution in [0.1, 0.15) is 45.8 Å². The minimum absolute atomic E-state index is 0.186. The number of aromatic nitrogens is 3. The molecule has 1 atom stereocenters. The molecule has 0 unspecified atom stereocenters. The zero-order chi connectivity index (χ0) is 21.8. The Morgan fingerprint density at radius 3 is 2.74 bits per heavy atom. The quantitative estimate of drug-likeness (QED) is 0.401. The molecule has 6 heteroatoms. The zero-order valence-electron chi connectivity index (χ0n) is 17.2. The molecule has 0 saturated heterocycles. The van der Waals surface area contributed by atoms with Crippen molar-refractivity contribution in [1.82, 2.24) is 20.3 Å². The van der Waals surface area contributed by atoms with Gasteiger partial charge in [0.1, 0.15) is 0 Å². The Morgan fingerprint density at radius 1 is 1.10 bits per heavy atom. The van der Waals surface area contributed by atoms with Gasteiger partial charge in [0.25, 0.3) is 5.91 Å². The molecule has 0 saturated carbocycles. The van der Waals surface area contributed by atoms with Crippen LogP contribution in [-0.4, -0.2) is 20.9 Å². The summed E-state index contributed by atoms with van der Waals surface area (Å²) in [5.74, 6) is -0.186. The number of hydrogen-bond donors (Lipinski definition) is 1. The third kappa shape index (κ3) is 5.03. The van der Waals surface area contributed by atoms with E-state index in [2.05, 4.69) is 50.3 Å². The summed E-state index contributed by atoms with van der Waals surface area (Å²) in [5, 5.41) is 3.81. The van der Waals surface area contributed by atoms with Crippen LogP contribution in [0.5, 0.6) is 0 Å². The van der Waals surface area contributed by atoms with E-state index < -0.39 is 0 Å². The van der Waals surface area contributed by atoms with Gasteiger partial charge in [-0.25, -0.2) is 4.98 Å². The van der Waals surface area contributed by atoms with Gasteiger partial charge in [0, 0.05) is 22.3 Å². The second-order valence-electron chi connectivity index (χ2n) is 7.33. The lowest BCUT2D eigenvalue weighted by molar-refractivity contribution is 0.0940. The number of nitrogens with one attached hydrogen (secondary N) is 1. The van der Waals surface area contributed by atoms with E-state index >= 15 is 0 Å². The van der Waals surface area contributed by atoms with Crippen molar-refractivity contribution in [3.63, 3.8) is 0 Å². The van der Waals surface area contributed by atoms with Crippen molar-refractivity contribution in [2.24, 2.45) is 0 Å². The monoisotopic (exact) mass is 472 g/mol. The van der Waals surface area contributed by atoms with E-state index in [-0.39, 0.29) is 11.9 Å². The summed E-state index contributed by atoms with van der Waals surface area (Å²) in [6.45, 7) is 3.95. The van der Waals surface area contributed by atoms with Crippen LogP contribution in [0.15, 0.2) is 71.6 Å². The van der Waals surface area contributed by atoms with Crippen LogP contribution in [0.4, 0.5) is 0 Å². The Balaban J connectivity index is 1.70. The first-order valence-electron chi connectivity index (χ1n) is 9.91. The molecule has 4 aromatic rings. The fourth-order valence-electron chi connectivity index (χ4n) is 3.33. The van der Waals surface area contributed by atoms with Gasteiger partial charge in [-0.3, -0.25) is 14.8 Å². The fraction of sp³-hybridized carbons (Fsp3) is 0.120. The third-order valence-electron chi connectivity index (χ3n) is 4.90. The maximum atomic E-state index is 13.2. The maximum Gasteiger partial charge on any atom is 0.252 e. The van der Waals surface area contributed by atoms with E-state index in [1.165, 1.54) is 5.56 Å². The van der Waals surface area contributed by atoms with Gasteiger partial charge in [0.2, 0.25) is 0 Å². The van der Waals surface area contributed by atoms with E-state index in [9.17, 15) is 4.79 Å². The van der Waals surface area contributed by atoms with E-state index in [1.807, 2.05) is 55.5 Å². The van der Waals surface area contributed by atoms with Crippen LogP contribution in [0.3, 0.4) is 0 Å². The number of nitrogens with zero attached hydrogens (tertiary/aromatic N) is 3. The van der Waals surface area contributed by atoms with Gasteiger partial charge in [-0.15, -0.1) is 0 Å². The SMILES string of the molecule is Cc1cccc(/C=C/c2cc(C(=O)N[C@@H](C)c3cnccn3)c3cc(Br)ccc3n2)c1. The van der Waals surface area contributed by atoms with E-state index in [1.54, 1.807) is 18.6 Å². The molecule has 0 fully saturated rings. The van der Waals surface area contributed by atoms with Gasteiger partial charge < -0.3 is 5.32 Å². The minimum Gasteiger partial charge on any atom is -0.344 e. The van der Waals surface area contributed by atoms with Crippen molar-refractivity contribution in [3.05, 3.63) is 99.7 Å². The number of rotatable bonds is 5. The molecule has 2 heterocycles. The highest BCUT2D eigenvalue weighted by Crippen LogP contribution is 2.24. The van der Waals surface area contributed by atoms with Gasteiger partial charge in [-0.05, 0) is 49.8 Å². The Kier molecular flexibility index (Phi) is 6.18. The fourth-order valence-corrected chi connectivity index (χ4v) is 3.69. The molecular weight excluding hydrogens is 452 g/mol. The van der Waals surface area contributed by atoms with E-state index in [4.69, 9.17) is 4.98 Å². The van der Waals surface area contributed by atoms with Crippen molar-refractivity contribution >= 4 is 44.9 Å². The summed E-state index contributed by atoms with van der Waals surface area (Å²) >= 11 is 3.50. The molecule has 0 aliphatic carbocycles. The Bertz CT molecular complexity index is 1270. The number of carbonyl (C=O) groups excluding carboxylic acids is 1. The Labute approximate surface area is 189 Å². The molecule has 154 valence electrons. The smallest absolute Gasteiger partial charge is 0.252 e. The van der Waals surface area contributed by atoms with Crippen molar-refractivity contribution in [1.29, 1.82) is 0 Å². The molecular formula is C25H21BrN4O. The summed E-state index contributed by atoms with van der Waals surface area (Å²) in [5.41, 5.74) is 5.01. The number of aryl methyl sites for hydroxylation is 1. The van der Waals surface area contributed by atoms with Crippen LogP contribution in [0.2, 0.25) is 0 Å². The summed E-state index contributed by atoms with van der Waals surface area (Å²) < 4.78 is 0.890. The Morgan fingerprint density at radius 2 is 1.97 bits per heavy atom. The number of hydrogen-bond acceptors (Lipinski definition) is 4. The largest absolute Gasteiger partial charge is 0.344 e. The van der Waals surface area contributed by atoms with Crippen molar-refractivity contribution < 1.29 is 4.79 Å². The maximum absolute atomic E-state index is 13.2. The topological polar surface area (TPSA) is 67.8 Å². The molecule has 1 N–H and O–H groups in total. The van der Waals surface area contributed by atoms with Crippen molar-refractivity contribution in [2.45, 2.75) is 19.9 Å². The van der Waals surface area contributed by atoms with Gasteiger partial charge in [-0.2, -0.15) is 0 Å². The summed E-state index contributed by atoms with van der Waals surface area (Å²) in [4.78, 5) is 26.3. The van der Waals surface area contributed by atoms with Crippen LogP contribution < -0.4 is 5.32 Å². The zero-order valence-corrected chi connectivity index (χ0v) is 18.8. The number of halogens is 1. The van der Waals surface area contributed by atoms with Gasteiger partial charge in [0.15, 0.2) is 0 Å². The third-order valence-corrected chi connectivity index (χ3v) is 5.39. The summed E-state index contributed by atoms with van der Waals surface area (Å²) in [6, 6.07) is 15.5. The lowest BCUT2D eigenvalue weighted by Crippen LogP contribution is -2.27. The number of benzene rings is 2. The van der Waals surface area contributed by atoms with Crippen molar-refractivity contribution in [2.75, 3.05) is 0 Å². The first kappa shape index (κ1) is 20.9. The van der Waals surface area contributed by atoms with Gasteiger partial charge in [0.05, 0.1) is 34.7 Å². The number of fused-ring (bicyclic) bond motifs is 1. The average Bonchev–Trinajstić information content (AvgIpc) is 2.78. The summed E-state index contributed by atoms with van der Waals surface area (Å²) in [7, 11) is 0. The normalized spacial score (nSPS) is 12.2. The minimum atomic E-state index is -0.275. The van der Waals surface area contributed by atoms with Crippen molar-refractivity contribution in [3.8, 4) is 0 Å². The van der Waals surface area contributed by atoms with Crippen LogP contribution >= 0.6 is 15.9 Å². The molecule has 1 amide bonds. The molecule has 31 heavy (non-hydrogen) atoms. The second-order valence-corrected chi connectivity index (χ2v) is 8.24. The van der Waals surface area contributed by atoms with Gasteiger partial charge in [-0.1, -0.05) is 51.8 Å². The summed E-state index contributed by atoms with van der Waals surface area (Å²) in [6.07, 6.45) is 8.81. The van der Waals surface area contributed by atoms with E-state index in [0.29, 0.717) is 17.0 Å². The molecule has 4 rings (SSSR count). The second kappa shape index (κ2) is 9.18. The Hall–Kier alpha value is -3.38. The molecule has 5 nitrogen and oxygen atoms in total. The number of amides is 1. The number of carbonyl (C=O) groups is 1. The lowest BCUT2D eigenvalue weighted by atomic mass is 10.1. The van der Waals surface area contributed by atoms with Crippen LogP contribution in [-0.2, 0) is 0 Å². The van der Waals surface area contributed by atoms with Gasteiger partial charge >= 0.3 is 0 Å². The molecule has 0 aliphatic rings. The van der Waals surface area contributed by atoms with E-state index in [0.717, 1.165) is 20.9 Å². The van der Waals surface area contributed by atoms with Crippen LogP contribution in [0.25, 0.3) is 23.1 Å². The molecule has 0 bridgehead atoms. The molecule has 0 aliphatic heterocycles. The van der Waals surface area contributed by atoms with Crippen LogP contribution in [0, 0.1) is 6.92 Å². The molecule has 2 aromatic heterocycles. The highest BCUT2D eigenvalue weighted by atomic mass is 79.9. The number of pyridine rings is 1. The predicted molar refractivity (Wildman–Crippen MR) is 127 cm³/mol. The highest BCUT2D eigenvalue weighted by molar-refractivity contribution is 9.10. The molecule has 2 aromatic carbocycles. The lowest BCUT2D eigenvalue weighted by Gasteiger charge is -2.14. The molecule has 0 radical (unpaired) electrons. The average molecular weight is 473 g/mol. The molecule has 0 spiro atoms. The predicted octanol–water partition coefficient (Wildman–Crippen LogP) is 5.76. The first-order chi connectivity index (χ1) is 15.0. The highest BCUT2D eigenvalue weighted by Gasteiger charge is 2.16.